The first-order valence-electron chi connectivity index (χ1n) is 9.59. The number of halogens is 2. The lowest BCUT2D eigenvalue weighted by atomic mass is 10.1. The SMILES string of the molecule is Cc1ccc(Cn2ccsc2=NC(=O)CNC(=O)CNC(=O)c2ccc(Cl)cc2Cl)cc1. The van der Waals surface area contributed by atoms with Crippen molar-refractivity contribution in [3.63, 3.8) is 0 Å². The molecule has 0 fully saturated rings. The largest absolute Gasteiger partial charge is 0.345 e. The molecule has 10 heteroatoms. The zero-order valence-electron chi connectivity index (χ0n) is 17.1. The molecule has 0 saturated carbocycles. The second-order valence-corrected chi connectivity index (χ2v) is 8.60. The summed E-state index contributed by atoms with van der Waals surface area (Å²) in [5.74, 6) is -1.54. The molecular weight excluding hydrogens is 471 g/mol. The summed E-state index contributed by atoms with van der Waals surface area (Å²) >= 11 is 13.1. The zero-order chi connectivity index (χ0) is 23.1. The van der Waals surface area contributed by atoms with Gasteiger partial charge in [0.2, 0.25) is 5.91 Å². The molecule has 0 spiro atoms. The van der Waals surface area contributed by atoms with E-state index < -0.39 is 17.7 Å². The molecule has 0 saturated heterocycles. The molecule has 3 amide bonds. The smallest absolute Gasteiger partial charge is 0.267 e. The van der Waals surface area contributed by atoms with E-state index in [-0.39, 0.29) is 23.7 Å². The number of nitrogens with one attached hydrogen (secondary N) is 2. The Morgan fingerprint density at radius 1 is 1.03 bits per heavy atom. The molecule has 32 heavy (non-hydrogen) atoms. The zero-order valence-corrected chi connectivity index (χ0v) is 19.4. The third kappa shape index (κ3) is 6.78. The third-order valence-electron chi connectivity index (χ3n) is 4.38. The molecule has 3 aromatic rings. The lowest BCUT2D eigenvalue weighted by Crippen LogP contribution is -2.39. The second kappa shape index (κ2) is 11.1. The van der Waals surface area contributed by atoms with E-state index in [2.05, 4.69) is 15.6 Å². The third-order valence-corrected chi connectivity index (χ3v) is 5.72. The van der Waals surface area contributed by atoms with Crippen molar-refractivity contribution in [3.05, 3.63) is 85.6 Å². The van der Waals surface area contributed by atoms with Crippen molar-refractivity contribution >= 4 is 52.3 Å². The van der Waals surface area contributed by atoms with E-state index in [1.807, 2.05) is 47.3 Å². The van der Waals surface area contributed by atoms with Crippen molar-refractivity contribution in [1.29, 1.82) is 0 Å². The molecule has 1 heterocycles. The quantitative estimate of drug-likeness (QED) is 0.532. The van der Waals surface area contributed by atoms with Crippen molar-refractivity contribution in [2.75, 3.05) is 13.1 Å². The van der Waals surface area contributed by atoms with Crippen LogP contribution in [0, 0.1) is 6.92 Å². The number of amides is 3. The number of aryl methyl sites for hydroxylation is 1. The fourth-order valence-corrected chi connectivity index (χ4v) is 3.95. The predicted molar refractivity (Wildman–Crippen MR) is 125 cm³/mol. The molecule has 0 unspecified atom stereocenters. The van der Waals surface area contributed by atoms with Gasteiger partial charge in [0.15, 0.2) is 4.80 Å². The maximum atomic E-state index is 12.2. The van der Waals surface area contributed by atoms with Gasteiger partial charge in [-0.1, -0.05) is 53.0 Å². The van der Waals surface area contributed by atoms with Gasteiger partial charge in [0.05, 0.1) is 23.7 Å². The minimum atomic E-state index is -0.523. The van der Waals surface area contributed by atoms with Crippen LogP contribution in [0.1, 0.15) is 21.5 Å². The first-order valence-corrected chi connectivity index (χ1v) is 11.2. The molecule has 2 N–H and O–H groups in total. The van der Waals surface area contributed by atoms with Gasteiger partial charge in [-0.15, -0.1) is 11.3 Å². The average Bonchev–Trinajstić information content (AvgIpc) is 3.18. The summed E-state index contributed by atoms with van der Waals surface area (Å²) in [6.07, 6.45) is 1.85. The molecule has 7 nitrogen and oxygen atoms in total. The molecule has 166 valence electrons. The van der Waals surface area contributed by atoms with Gasteiger partial charge in [-0.25, -0.2) is 0 Å². The second-order valence-electron chi connectivity index (χ2n) is 6.89. The van der Waals surface area contributed by atoms with Crippen LogP contribution in [-0.2, 0) is 16.1 Å². The molecule has 1 aromatic heterocycles. The molecule has 0 aliphatic rings. The average molecular weight is 491 g/mol. The summed E-state index contributed by atoms with van der Waals surface area (Å²) in [4.78, 5) is 40.9. The van der Waals surface area contributed by atoms with Gasteiger partial charge in [-0.05, 0) is 30.7 Å². The molecule has 0 aliphatic carbocycles. The molecule has 0 radical (unpaired) electrons. The normalized spacial score (nSPS) is 11.3. The van der Waals surface area contributed by atoms with Crippen molar-refractivity contribution < 1.29 is 14.4 Å². The summed E-state index contributed by atoms with van der Waals surface area (Å²) in [5, 5.41) is 7.32. The van der Waals surface area contributed by atoms with Crippen molar-refractivity contribution in [1.82, 2.24) is 15.2 Å². The maximum absolute atomic E-state index is 12.2. The van der Waals surface area contributed by atoms with E-state index >= 15 is 0 Å². The summed E-state index contributed by atoms with van der Waals surface area (Å²) < 4.78 is 1.87. The number of carbonyl (C=O) groups is 3. The number of aromatic nitrogens is 1. The number of benzene rings is 2. The Labute approximate surface area is 198 Å². The number of thiazole rings is 1. The highest BCUT2D eigenvalue weighted by Crippen LogP contribution is 2.20. The minimum absolute atomic E-state index is 0.180. The number of rotatable bonds is 7. The molecule has 2 aromatic carbocycles. The van der Waals surface area contributed by atoms with Crippen LogP contribution < -0.4 is 15.4 Å². The Morgan fingerprint density at radius 2 is 1.78 bits per heavy atom. The highest BCUT2D eigenvalue weighted by Gasteiger charge is 2.12. The summed E-state index contributed by atoms with van der Waals surface area (Å²) in [6.45, 7) is 2.02. The first-order chi connectivity index (χ1) is 15.3. The maximum Gasteiger partial charge on any atom is 0.267 e. The van der Waals surface area contributed by atoms with Crippen LogP contribution in [-0.4, -0.2) is 35.4 Å². The number of hydrogen-bond donors (Lipinski definition) is 2. The Balaban J connectivity index is 1.51. The Morgan fingerprint density at radius 3 is 2.50 bits per heavy atom. The summed E-state index contributed by atoms with van der Waals surface area (Å²) in [6, 6.07) is 12.5. The molecular formula is C22H20Cl2N4O3S. The highest BCUT2D eigenvalue weighted by molar-refractivity contribution is 7.07. The highest BCUT2D eigenvalue weighted by atomic mass is 35.5. The van der Waals surface area contributed by atoms with Gasteiger partial charge in [0.25, 0.3) is 11.8 Å². The van der Waals surface area contributed by atoms with Gasteiger partial charge < -0.3 is 15.2 Å². The van der Waals surface area contributed by atoms with Gasteiger partial charge >= 0.3 is 0 Å². The monoisotopic (exact) mass is 490 g/mol. The van der Waals surface area contributed by atoms with Gasteiger partial charge in [-0.3, -0.25) is 14.4 Å². The molecule has 0 aliphatic heterocycles. The van der Waals surface area contributed by atoms with Gasteiger partial charge in [0, 0.05) is 23.1 Å². The Bertz CT molecular complexity index is 1200. The fourth-order valence-electron chi connectivity index (χ4n) is 2.71. The van der Waals surface area contributed by atoms with E-state index in [0.717, 1.165) is 5.56 Å². The van der Waals surface area contributed by atoms with E-state index in [4.69, 9.17) is 23.2 Å². The van der Waals surface area contributed by atoms with E-state index in [9.17, 15) is 14.4 Å². The van der Waals surface area contributed by atoms with Crippen molar-refractivity contribution in [3.8, 4) is 0 Å². The van der Waals surface area contributed by atoms with Crippen LogP contribution in [0.2, 0.25) is 10.0 Å². The van der Waals surface area contributed by atoms with Crippen LogP contribution >= 0.6 is 34.5 Å². The van der Waals surface area contributed by atoms with Gasteiger partial charge in [-0.2, -0.15) is 4.99 Å². The van der Waals surface area contributed by atoms with Gasteiger partial charge in [0.1, 0.15) is 0 Å². The Hall–Kier alpha value is -2.94. The molecule has 3 rings (SSSR count). The van der Waals surface area contributed by atoms with Crippen molar-refractivity contribution in [2.24, 2.45) is 4.99 Å². The van der Waals surface area contributed by atoms with E-state index in [1.54, 1.807) is 0 Å². The standard InChI is InChI=1S/C22H20Cl2N4O3S/c1-14-2-4-15(5-3-14)13-28-8-9-32-22(28)27-20(30)12-25-19(29)11-26-21(31)17-7-6-16(23)10-18(17)24/h2-10H,11-13H2,1H3,(H,25,29)(H,26,31). The van der Waals surface area contributed by atoms with Crippen LogP contribution in [0.3, 0.4) is 0 Å². The number of carbonyl (C=O) groups excluding carboxylic acids is 3. The molecule has 0 atom stereocenters. The van der Waals surface area contributed by atoms with E-state index in [0.29, 0.717) is 16.4 Å². The predicted octanol–water partition coefficient (Wildman–Crippen LogP) is 3.19. The molecule has 0 bridgehead atoms. The lowest BCUT2D eigenvalue weighted by molar-refractivity contribution is -0.124. The number of nitrogens with zero attached hydrogens (tertiary/aromatic N) is 2. The van der Waals surface area contributed by atoms with Crippen LogP contribution in [0.15, 0.2) is 59.0 Å². The summed E-state index contributed by atoms with van der Waals surface area (Å²) in [7, 11) is 0. The van der Waals surface area contributed by atoms with E-state index in [1.165, 1.54) is 35.1 Å². The minimum Gasteiger partial charge on any atom is -0.345 e. The number of hydrogen-bond acceptors (Lipinski definition) is 4. The first kappa shape index (κ1) is 23.7. The van der Waals surface area contributed by atoms with Crippen molar-refractivity contribution in [2.45, 2.75) is 13.5 Å². The van der Waals surface area contributed by atoms with Crippen LogP contribution in [0.4, 0.5) is 0 Å². The summed E-state index contributed by atoms with van der Waals surface area (Å²) in [5.41, 5.74) is 2.46. The topological polar surface area (TPSA) is 92.6 Å². The van der Waals surface area contributed by atoms with Crippen LogP contribution in [0.5, 0.6) is 0 Å². The van der Waals surface area contributed by atoms with Crippen LogP contribution in [0.25, 0.3) is 0 Å². The Kier molecular flexibility index (Phi) is 8.21. The lowest BCUT2D eigenvalue weighted by Gasteiger charge is -2.07. The fraction of sp³-hybridized carbons (Fsp3) is 0.182.